The maximum absolute atomic E-state index is 5.61. The minimum absolute atomic E-state index is 0.658. The highest BCUT2D eigenvalue weighted by Crippen LogP contribution is 2.21. The molecule has 2 rings (SSSR count). The van der Waals surface area contributed by atoms with Gasteiger partial charge in [0, 0.05) is 11.3 Å². The number of nitrogens with zero attached hydrogens (tertiary/aromatic N) is 2. The third-order valence-electron chi connectivity index (χ3n) is 3.20. The number of ether oxygens (including phenoxy) is 1. The van der Waals surface area contributed by atoms with Crippen LogP contribution in [0, 0.1) is 13.8 Å². The molecular weight excluding hydrogens is 238 g/mol. The fraction of sp³-hybridized carbons (Fsp3) is 0.400. The van der Waals surface area contributed by atoms with E-state index in [1.807, 2.05) is 17.7 Å². The van der Waals surface area contributed by atoms with Crippen LogP contribution in [0.5, 0.6) is 5.75 Å². The fourth-order valence-corrected chi connectivity index (χ4v) is 2.27. The molecule has 19 heavy (non-hydrogen) atoms. The van der Waals surface area contributed by atoms with Crippen LogP contribution in [0.4, 0.5) is 0 Å². The minimum atomic E-state index is 0.658. The van der Waals surface area contributed by atoms with Gasteiger partial charge in [-0.15, -0.1) is 0 Å². The van der Waals surface area contributed by atoms with Gasteiger partial charge in [0.15, 0.2) is 0 Å². The van der Waals surface area contributed by atoms with Crippen LogP contribution in [-0.4, -0.2) is 23.4 Å². The van der Waals surface area contributed by atoms with Crippen LogP contribution >= 0.6 is 0 Å². The van der Waals surface area contributed by atoms with Gasteiger partial charge in [-0.05, 0) is 44.5 Å². The predicted molar refractivity (Wildman–Crippen MR) is 76.6 cm³/mol. The summed E-state index contributed by atoms with van der Waals surface area (Å²) in [5, 5.41) is 4.49. The molecule has 4 heteroatoms. The molecule has 0 spiro atoms. The Morgan fingerprint density at radius 3 is 2.63 bits per heavy atom. The lowest BCUT2D eigenvalue weighted by atomic mass is 10.1. The van der Waals surface area contributed by atoms with Gasteiger partial charge in [0.2, 0.25) is 0 Å². The van der Waals surface area contributed by atoms with Crippen molar-refractivity contribution in [1.82, 2.24) is 9.78 Å². The zero-order valence-corrected chi connectivity index (χ0v) is 11.8. The Labute approximate surface area is 114 Å². The van der Waals surface area contributed by atoms with E-state index in [9.17, 15) is 0 Å². The maximum Gasteiger partial charge on any atom is 0.123 e. The molecule has 102 valence electrons. The molecule has 0 radical (unpaired) electrons. The van der Waals surface area contributed by atoms with E-state index in [0.717, 1.165) is 35.7 Å². The van der Waals surface area contributed by atoms with Crippen LogP contribution in [0.1, 0.15) is 22.5 Å². The van der Waals surface area contributed by atoms with Crippen molar-refractivity contribution in [1.29, 1.82) is 0 Å². The number of methoxy groups -OCH3 is 1. The largest absolute Gasteiger partial charge is 0.496 e. The smallest absolute Gasteiger partial charge is 0.123 e. The molecule has 4 nitrogen and oxygen atoms in total. The van der Waals surface area contributed by atoms with Crippen LogP contribution in [0.15, 0.2) is 24.3 Å². The summed E-state index contributed by atoms with van der Waals surface area (Å²) in [5.74, 6) is 0.897. The number of aryl methyl sites for hydroxylation is 2. The SMILES string of the molecule is COc1ccc(CCN)cc1Cn1nc(C)cc1C. The highest BCUT2D eigenvalue weighted by atomic mass is 16.5. The molecule has 1 aromatic heterocycles. The van der Waals surface area contributed by atoms with Gasteiger partial charge in [0.05, 0.1) is 19.3 Å². The average molecular weight is 259 g/mol. The first-order valence-corrected chi connectivity index (χ1v) is 6.51. The van der Waals surface area contributed by atoms with E-state index in [0.29, 0.717) is 6.54 Å². The van der Waals surface area contributed by atoms with Crippen LogP contribution in [0.25, 0.3) is 0 Å². The van der Waals surface area contributed by atoms with Crippen molar-refractivity contribution in [2.75, 3.05) is 13.7 Å². The average Bonchev–Trinajstić information content (AvgIpc) is 2.69. The van der Waals surface area contributed by atoms with Crippen molar-refractivity contribution >= 4 is 0 Å². The van der Waals surface area contributed by atoms with Crippen LogP contribution in [0.3, 0.4) is 0 Å². The first-order chi connectivity index (χ1) is 9.13. The molecule has 0 fully saturated rings. The molecule has 0 aliphatic heterocycles. The summed E-state index contributed by atoms with van der Waals surface area (Å²) < 4.78 is 7.42. The highest BCUT2D eigenvalue weighted by Gasteiger charge is 2.08. The van der Waals surface area contributed by atoms with Crippen LogP contribution < -0.4 is 10.5 Å². The quantitative estimate of drug-likeness (QED) is 0.894. The molecule has 0 aliphatic rings. The van der Waals surface area contributed by atoms with Gasteiger partial charge < -0.3 is 10.5 Å². The highest BCUT2D eigenvalue weighted by molar-refractivity contribution is 5.37. The summed E-state index contributed by atoms with van der Waals surface area (Å²) >= 11 is 0. The van der Waals surface area contributed by atoms with E-state index in [4.69, 9.17) is 10.5 Å². The summed E-state index contributed by atoms with van der Waals surface area (Å²) in [7, 11) is 1.70. The van der Waals surface area contributed by atoms with Gasteiger partial charge in [0.1, 0.15) is 5.75 Å². The lowest BCUT2D eigenvalue weighted by molar-refractivity contribution is 0.407. The Morgan fingerprint density at radius 1 is 1.26 bits per heavy atom. The summed E-state index contributed by atoms with van der Waals surface area (Å²) in [6.07, 6.45) is 0.883. The van der Waals surface area contributed by atoms with Crippen molar-refractivity contribution < 1.29 is 4.74 Å². The minimum Gasteiger partial charge on any atom is -0.496 e. The first-order valence-electron chi connectivity index (χ1n) is 6.51. The Hall–Kier alpha value is -1.81. The van der Waals surface area contributed by atoms with E-state index in [1.54, 1.807) is 7.11 Å². The molecule has 2 N–H and O–H groups in total. The number of hydrogen-bond donors (Lipinski definition) is 1. The second-order valence-electron chi connectivity index (χ2n) is 4.77. The Morgan fingerprint density at radius 2 is 2.05 bits per heavy atom. The van der Waals surface area contributed by atoms with Gasteiger partial charge >= 0.3 is 0 Å². The summed E-state index contributed by atoms with van der Waals surface area (Å²) in [4.78, 5) is 0. The lowest BCUT2D eigenvalue weighted by Gasteiger charge is -2.12. The molecule has 0 saturated heterocycles. The molecule has 0 aliphatic carbocycles. The standard InChI is InChI=1S/C15H21N3O/c1-11-8-12(2)18(17-11)10-14-9-13(6-7-16)4-5-15(14)19-3/h4-5,8-9H,6-7,10,16H2,1-3H3. The van der Waals surface area contributed by atoms with E-state index in [-0.39, 0.29) is 0 Å². The van der Waals surface area contributed by atoms with Crippen molar-refractivity contribution in [3.63, 3.8) is 0 Å². The Kier molecular flexibility index (Phi) is 4.22. The van der Waals surface area contributed by atoms with E-state index < -0.39 is 0 Å². The van der Waals surface area contributed by atoms with Crippen LogP contribution in [-0.2, 0) is 13.0 Å². The number of benzene rings is 1. The molecule has 0 amide bonds. The van der Waals surface area contributed by atoms with E-state index >= 15 is 0 Å². The first kappa shape index (κ1) is 13.6. The van der Waals surface area contributed by atoms with Gasteiger partial charge in [-0.25, -0.2) is 0 Å². The van der Waals surface area contributed by atoms with Gasteiger partial charge in [0.25, 0.3) is 0 Å². The summed E-state index contributed by atoms with van der Waals surface area (Å²) in [6, 6.07) is 8.31. The Balaban J connectivity index is 2.31. The molecular formula is C15H21N3O. The van der Waals surface area contributed by atoms with Crippen molar-refractivity contribution in [2.24, 2.45) is 5.73 Å². The molecule has 0 atom stereocenters. The molecule has 1 aromatic carbocycles. The predicted octanol–water partition coefficient (Wildman–Crippen LogP) is 2.06. The second-order valence-corrected chi connectivity index (χ2v) is 4.77. The number of hydrogen-bond acceptors (Lipinski definition) is 3. The molecule has 1 heterocycles. The van der Waals surface area contributed by atoms with E-state index in [1.165, 1.54) is 5.56 Å². The van der Waals surface area contributed by atoms with Crippen molar-refractivity contribution in [3.05, 3.63) is 46.8 Å². The third kappa shape index (κ3) is 3.15. The maximum atomic E-state index is 5.61. The molecule has 0 bridgehead atoms. The van der Waals surface area contributed by atoms with Gasteiger partial charge in [-0.3, -0.25) is 4.68 Å². The lowest BCUT2D eigenvalue weighted by Crippen LogP contribution is -2.07. The summed E-state index contributed by atoms with van der Waals surface area (Å²) in [6.45, 7) is 5.45. The Bertz CT molecular complexity index is 561. The number of nitrogens with two attached hydrogens (primary N) is 1. The molecule has 2 aromatic rings. The number of aromatic nitrogens is 2. The fourth-order valence-electron chi connectivity index (χ4n) is 2.27. The third-order valence-corrected chi connectivity index (χ3v) is 3.20. The monoisotopic (exact) mass is 259 g/mol. The van der Waals surface area contributed by atoms with Crippen LogP contribution in [0.2, 0.25) is 0 Å². The number of rotatable bonds is 5. The summed E-state index contributed by atoms with van der Waals surface area (Å²) in [5.41, 5.74) is 10.2. The normalized spacial score (nSPS) is 10.7. The van der Waals surface area contributed by atoms with Crippen molar-refractivity contribution in [3.8, 4) is 5.75 Å². The zero-order chi connectivity index (χ0) is 13.8. The van der Waals surface area contributed by atoms with Crippen molar-refractivity contribution in [2.45, 2.75) is 26.8 Å². The van der Waals surface area contributed by atoms with Gasteiger partial charge in [-0.2, -0.15) is 5.10 Å². The second kappa shape index (κ2) is 5.89. The molecule has 0 saturated carbocycles. The topological polar surface area (TPSA) is 53.1 Å². The van der Waals surface area contributed by atoms with Gasteiger partial charge in [-0.1, -0.05) is 12.1 Å². The van der Waals surface area contributed by atoms with E-state index in [2.05, 4.69) is 30.2 Å². The molecule has 0 unspecified atom stereocenters. The zero-order valence-electron chi connectivity index (χ0n) is 11.8.